The van der Waals surface area contributed by atoms with E-state index < -0.39 is 15.9 Å². The van der Waals surface area contributed by atoms with Gasteiger partial charge in [0.25, 0.3) is 5.91 Å². The van der Waals surface area contributed by atoms with Crippen LogP contribution in [0.4, 0.5) is 5.69 Å². The summed E-state index contributed by atoms with van der Waals surface area (Å²) in [6.07, 6.45) is 1.09. The molecule has 0 fully saturated rings. The highest BCUT2D eigenvalue weighted by molar-refractivity contribution is 7.92. The van der Waals surface area contributed by atoms with E-state index in [1.165, 1.54) is 0 Å². The first kappa shape index (κ1) is 20.6. The van der Waals surface area contributed by atoms with Crippen LogP contribution in [0.1, 0.15) is 29.2 Å². The molecule has 0 aromatic heterocycles. The molecule has 6 nitrogen and oxygen atoms in total. The van der Waals surface area contributed by atoms with Crippen molar-refractivity contribution in [3.63, 3.8) is 0 Å². The highest BCUT2D eigenvalue weighted by Crippen LogP contribution is 2.24. The fraction of sp³-hybridized carbons (Fsp3) is 0.300. The van der Waals surface area contributed by atoms with Gasteiger partial charge >= 0.3 is 0 Å². The van der Waals surface area contributed by atoms with Crippen molar-refractivity contribution < 1.29 is 13.2 Å². The predicted molar refractivity (Wildman–Crippen MR) is 110 cm³/mol. The molecule has 2 aromatic rings. The average molecular weight is 388 g/mol. The molecule has 0 unspecified atom stereocenters. The molecule has 2 aromatic carbocycles. The second-order valence-electron chi connectivity index (χ2n) is 6.59. The number of hydrogen-bond donors (Lipinski definition) is 1. The highest BCUT2D eigenvalue weighted by Gasteiger charge is 2.22. The monoisotopic (exact) mass is 387 g/mol. The molecule has 144 valence electrons. The quantitative estimate of drug-likeness (QED) is 0.611. The Labute approximate surface area is 161 Å². The van der Waals surface area contributed by atoms with Crippen molar-refractivity contribution in [2.45, 2.75) is 27.7 Å². The summed E-state index contributed by atoms with van der Waals surface area (Å²) in [5.41, 5.74) is 7.36. The molecule has 0 heterocycles. The summed E-state index contributed by atoms with van der Waals surface area (Å²) in [4.78, 5) is 12.3. The Hall–Kier alpha value is -2.67. The van der Waals surface area contributed by atoms with E-state index in [1.54, 1.807) is 19.1 Å². The van der Waals surface area contributed by atoms with E-state index in [2.05, 4.69) is 10.5 Å². The molecule has 0 aliphatic carbocycles. The van der Waals surface area contributed by atoms with Crippen molar-refractivity contribution in [2.75, 3.05) is 17.1 Å². The summed E-state index contributed by atoms with van der Waals surface area (Å²) in [6, 6.07) is 13.1. The molecular weight excluding hydrogens is 362 g/mol. The fourth-order valence-corrected chi connectivity index (χ4v) is 3.47. The van der Waals surface area contributed by atoms with E-state index in [9.17, 15) is 13.2 Å². The van der Waals surface area contributed by atoms with Gasteiger partial charge in [-0.3, -0.25) is 9.10 Å². The van der Waals surface area contributed by atoms with Crippen molar-refractivity contribution in [2.24, 2.45) is 5.10 Å². The maximum absolute atomic E-state index is 12.3. The number of benzene rings is 2. The number of aryl methyl sites for hydroxylation is 2. The van der Waals surface area contributed by atoms with Crippen LogP contribution in [0.5, 0.6) is 0 Å². The van der Waals surface area contributed by atoms with Crippen LogP contribution < -0.4 is 9.73 Å². The summed E-state index contributed by atoms with van der Waals surface area (Å²) >= 11 is 0. The number of hydrogen-bond acceptors (Lipinski definition) is 4. The van der Waals surface area contributed by atoms with E-state index in [0.717, 1.165) is 32.8 Å². The van der Waals surface area contributed by atoms with Crippen molar-refractivity contribution >= 4 is 27.3 Å². The van der Waals surface area contributed by atoms with Crippen molar-refractivity contribution in [3.8, 4) is 0 Å². The van der Waals surface area contributed by atoms with Crippen LogP contribution in [0, 0.1) is 20.8 Å². The van der Waals surface area contributed by atoms with Crippen LogP contribution in [-0.4, -0.2) is 32.8 Å². The Morgan fingerprint density at radius 1 is 1.07 bits per heavy atom. The van der Waals surface area contributed by atoms with E-state index in [4.69, 9.17) is 0 Å². The zero-order valence-electron chi connectivity index (χ0n) is 16.3. The number of carbonyl (C=O) groups excluding carboxylic acids is 1. The van der Waals surface area contributed by atoms with Crippen LogP contribution in [0.2, 0.25) is 0 Å². The number of sulfonamides is 1. The minimum atomic E-state index is -3.62. The van der Waals surface area contributed by atoms with Gasteiger partial charge in [0.05, 0.1) is 17.7 Å². The lowest BCUT2D eigenvalue weighted by molar-refractivity contribution is -0.119. The highest BCUT2D eigenvalue weighted by atomic mass is 32.2. The van der Waals surface area contributed by atoms with Crippen molar-refractivity contribution in [1.82, 2.24) is 5.43 Å². The molecule has 1 amide bonds. The number of anilines is 1. The number of rotatable bonds is 6. The Morgan fingerprint density at radius 3 is 2.30 bits per heavy atom. The Bertz CT molecular complexity index is 964. The lowest BCUT2D eigenvalue weighted by Crippen LogP contribution is -2.39. The van der Waals surface area contributed by atoms with Gasteiger partial charge in [-0.05, 0) is 50.5 Å². The predicted octanol–water partition coefficient (Wildman–Crippen LogP) is 2.92. The molecule has 27 heavy (non-hydrogen) atoms. The average Bonchev–Trinajstić information content (AvgIpc) is 2.60. The summed E-state index contributed by atoms with van der Waals surface area (Å²) in [5, 5.41) is 4.09. The van der Waals surface area contributed by atoms with Gasteiger partial charge in [-0.15, -0.1) is 0 Å². The van der Waals surface area contributed by atoms with Crippen LogP contribution in [-0.2, 0) is 14.8 Å². The number of amides is 1. The maximum Gasteiger partial charge on any atom is 0.260 e. The first-order chi connectivity index (χ1) is 12.6. The van der Waals surface area contributed by atoms with Crippen LogP contribution in [0.15, 0.2) is 47.6 Å². The molecule has 0 atom stereocenters. The molecule has 0 aliphatic heterocycles. The summed E-state index contributed by atoms with van der Waals surface area (Å²) in [7, 11) is -3.62. The third-order valence-electron chi connectivity index (χ3n) is 4.35. The molecule has 0 aliphatic rings. The van der Waals surface area contributed by atoms with Crippen molar-refractivity contribution in [3.05, 3.63) is 64.7 Å². The topological polar surface area (TPSA) is 78.8 Å². The molecule has 1 N–H and O–H groups in total. The molecule has 0 saturated carbocycles. The second kappa shape index (κ2) is 8.35. The summed E-state index contributed by atoms with van der Waals surface area (Å²) in [6.45, 7) is 7.16. The van der Waals surface area contributed by atoms with E-state index in [0.29, 0.717) is 11.4 Å². The molecule has 0 saturated heterocycles. The Morgan fingerprint density at radius 2 is 1.70 bits per heavy atom. The molecular formula is C20H25N3O3S. The third kappa shape index (κ3) is 5.40. The third-order valence-corrected chi connectivity index (χ3v) is 5.48. The van der Waals surface area contributed by atoms with E-state index in [-0.39, 0.29) is 6.54 Å². The van der Waals surface area contributed by atoms with Gasteiger partial charge in [0.2, 0.25) is 10.0 Å². The minimum Gasteiger partial charge on any atom is -0.271 e. The fourth-order valence-electron chi connectivity index (χ4n) is 2.56. The maximum atomic E-state index is 12.3. The Balaban J connectivity index is 2.18. The number of hydrazone groups is 1. The van der Waals surface area contributed by atoms with Gasteiger partial charge in [-0.2, -0.15) is 5.10 Å². The molecule has 7 heteroatoms. The van der Waals surface area contributed by atoms with Crippen LogP contribution in [0.3, 0.4) is 0 Å². The number of nitrogens with one attached hydrogen (secondary N) is 1. The molecule has 2 rings (SSSR count). The zero-order valence-corrected chi connectivity index (χ0v) is 17.1. The van der Waals surface area contributed by atoms with Crippen LogP contribution >= 0.6 is 0 Å². The van der Waals surface area contributed by atoms with Gasteiger partial charge < -0.3 is 0 Å². The van der Waals surface area contributed by atoms with E-state index >= 15 is 0 Å². The summed E-state index contributed by atoms with van der Waals surface area (Å²) in [5.74, 6) is -0.507. The lowest BCUT2D eigenvalue weighted by atomic mass is 10.1. The molecule has 0 spiro atoms. The second-order valence-corrected chi connectivity index (χ2v) is 8.49. The van der Waals surface area contributed by atoms with Gasteiger partial charge in [0, 0.05) is 0 Å². The minimum absolute atomic E-state index is 0.339. The smallest absolute Gasteiger partial charge is 0.260 e. The van der Waals surface area contributed by atoms with Crippen molar-refractivity contribution in [1.29, 1.82) is 0 Å². The van der Waals surface area contributed by atoms with E-state index in [1.807, 2.05) is 51.1 Å². The van der Waals surface area contributed by atoms with Gasteiger partial charge in [-0.25, -0.2) is 13.8 Å². The Kier molecular flexibility index (Phi) is 6.38. The molecule has 0 bridgehead atoms. The number of carbonyl (C=O) groups is 1. The SMILES string of the molecule is C/C(=N/NC(=O)CN(c1cccc(C)c1C)S(C)(=O)=O)c1ccc(C)cc1. The summed E-state index contributed by atoms with van der Waals surface area (Å²) < 4.78 is 25.6. The van der Waals surface area contributed by atoms with Gasteiger partial charge in [0.15, 0.2) is 0 Å². The zero-order chi connectivity index (χ0) is 20.2. The lowest BCUT2D eigenvalue weighted by Gasteiger charge is -2.24. The van der Waals surface area contributed by atoms with Gasteiger partial charge in [-0.1, -0.05) is 42.0 Å². The van der Waals surface area contributed by atoms with Gasteiger partial charge in [0.1, 0.15) is 6.54 Å². The first-order valence-electron chi connectivity index (χ1n) is 8.53. The standard InChI is InChI=1S/C20H25N3O3S/c1-14-9-11-18(12-10-14)17(4)21-22-20(24)13-23(27(5,25)26)19-8-6-7-15(2)16(19)3/h6-12H,13H2,1-5H3,(H,22,24)/b21-17-. The first-order valence-corrected chi connectivity index (χ1v) is 10.4. The normalized spacial score (nSPS) is 12.0. The number of nitrogens with zero attached hydrogens (tertiary/aromatic N) is 2. The largest absolute Gasteiger partial charge is 0.271 e. The molecule has 0 radical (unpaired) electrons. The van der Waals surface area contributed by atoms with Crippen LogP contribution in [0.25, 0.3) is 0 Å².